The number of nitrogens with one attached hydrogen (secondary N) is 1. The molecule has 0 aliphatic carbocycles. The first kappa shape index (κ1) is 17.4. The van der Waals surface area contributed by atoms with Crippen LogP contribution in [0.1, 0.15) is 62.7 Å². The van der Waals surface area contributed by atoms with E-state index in [1.165, 1.54) is 0 Å². The van der Waals surface area contributed by atoms with Gasteiger partial charge in [-0.15, -0.1) is 0 Å². The molecule has 1 aromatic rings. The molecule has 0 bridgehead atoms. The molecule has 1 saturated heterocycles. The lowest BCUT2D eigenvalue weighted by molar-refractivity contribution is -0.386. The van der Waals surface area contributed by atoms with E-state index in [1.807, 2.05) is 27.7 Å². The Morgan fingerprint density at radius 2 is 2.00 bits per heavy atom. The van der Waals surface area contributed by atoms with Gasteiger partial charge in [0, 0.05) is 25.2 Å². The van der Waals surface area contributed by atoms with E-state index in [0.29, 0.717) is 26.1 Å². The second-order valence-electron chi connectivity index (χ2n) is 6.95. The highest BCUT2D eigenvalue weighted by atomic mass is 16.6. The van der Waals surface area contributed by atoms with Crippen LogP contribution in [0.4, 0.5) is 5.69 Å². The molecule has 128 valence electrons. The normalized spacial score (nSPS) is 17.7. The van der Waals surface area contributed by atoms with Crippen molar-refractivity contribution >= 4 is 11.6 Å². The first-order valence-electron chi connectivity index (χ1n) is 7.74. The Labute approximate surface area is 134 Å². The number of carbonyl (C=O) groups excluding carboxylic acids is 1. The van der Waals surface area contributed by atoms with E-state index in [2.05, 4.69) is 10.5 Å². The fraction of sp³-hybridized carbons (Fsp3) is 0.733. The van der Waals surface area contributed by atoms with Crippen LogP contribution in [-0.4, -0.2) is 35.2 Å². The molecule has 2 rings (SSSR count). The van der Waals surface area contributed by atoms with E-state index in [0.717, 1.165) is 0 Å². The number of ether oxygens (including phenoxy) is 1. The van der Waals surface area contributed by atoms with Gasteiger partial charge in [-0.3, -0.25) is 14.9 Å². The van der Waals surface area contributed by atoms with Crippen LogP contribution in [0, 0.1) is 15.5 Å². The lowest BCUT2D eigenvalue weighted by Crippen LogP contribution is -2.41. The van der Waals surface area contributed by atoms with Crippen molar-refractivity contribution in [2.75, 3.05) is 13.2 Å². The van der Waals surface area contributed by atoms with Crippen molar-refractivity contribution in [3.8, 4) is 0 Å². The van der Waals surface area contributed by atoms with Gasteiger partial charge in [0.25, 0.3) is 5.91 Å². The van der Waals surface area contributed by atoms with Crippen LogP contribution in [0.5, 0.6) is 0 Å². The fourth-order valence-electron chi connectivity index (χ4n) is 2.33. The lowest BCUT2D eigenvalue weighted by Gasteiger charge is -2.27. The van der Waals surface area contributed by atoms with E-state index in [4.69, 9.17) is 9.26 Å². The molecule has 2 heterocycles. The predicted octanol–water partition coefficient (Wildman–Crippen LogP) is 2.64. The largest absolute Gasteiger partial charge is 0.381 e. The summed E-state index contributed by atoms with van der Waals surface area (Å²) in [6.45, 7) is 8.81. The monoisotopic (exact) mass is 325 g/mol. The minimum atomic E-state index is -0.585. The van der Waals surface area contributed by atoms with Gasteiger partial charge < -0.3 is 14.6 Å². The van der Waals surface area contributed by atoms with Gasteiger partial charge in [-0.1, -0.05) is 25.9 Å². The number of carbonyl (C=O) groups is 1. The highest BCUT2D eigenvalue weighted by Gasteiger charge is 2.37. The lowest BCUT2D eigenvalue weighted by atomic mass is 9.88. The SMILES string of the molecule is CC(NC(=O)c1noc(C2CCOCC2)c1[N+](=O)[O-])C(C)(C)C. The Bertz CT molecular complexity index is 584. The number of nitro groups is 1. The molecule has 8 nitrogen and oxygen atoms in total. The van der Waals surface area contributed by atoms with Crippen molar-refractivity contribution in [1.29, 1.82) is 0 Å². The Balaban J connectivity index is 2.27. The summed E-state index contributed by atoms with van der Waals surface area (Å²) >= 11 is 0. The Hall–Kier alpha value is -1.96. The first-order chi connectivity index (χ1) is 10.7. The average Bonchev–Trinajstić information content (AvgIpc) is 2.92. The van der Waals surface area contributed by atoms with E-state index < -0.39 is 10.8 Å². The summed E-state index contributed by atoms with van der Waals surface area (Å²) in [5.74, 6) is -0.550. The summed E-state index contributed by atoms with van der Waals surface area (Å²) in [6, 6.07) is -0.169. The zero-order valence-corrected chi connectivity index (χ0v) is 13.9. The highest BCUT2D eigenvalue weighted by Crippen LogP contribution is 2.35. The molecule has 0 aromatic carbocycles. The second kappa shape index (κ2) is 6.66. The van der Waals surface area contributed by atoms with Gasteiger partial charge in [-0.25, -0.2) is 0 Å². The topological polar surface area (TPSA) is 108 Å². The summed E-state index contributed by atoms with van der Waals surface area (Å²) < 4.78 is 10.4. The van der Waals surface area contributed by atoms with Crippen molar-refractivity contribution < 1.29 is 19.0 Å². The van der Waals surface area contributed by atoms with Gasteiger partial charge in [-0.05, 0) is 25.2 Å². The van der Waals surface area contributed by atoms with Crippen molar-refractivity contribution in [1.82, 2.24) is 10.5 Å². The summed E-state index contributed by atoms with van der Waals surface area (Å²) in [5.41, 5.74) is -0.749. The quantitative estimate of drug-likeness (QED) is 0.673. The van der Waals surface area contributed by atoms with Crippen LogP contribution >= 0.6 is 0 Å². The molecule has 1 fully saturated rings. The molecule has 0 spiro atoms. The Morgan fingerprint density at radius 1 is 1.39 bits per heavy atom. The molecule has 23 heavy (non-hydrogen) atoms. The van der Waals surface area contributed by atoms with E-state index in [1.54, 1.807) is 0 Å². The molecule has 1 aliphatic heterocycles. The van der Waals surface area contributed by atoms with Gasteiger partial charge >= 0.3 is 5.69 Å². The number of amides is 1. The van der Waals surface area contributed by atoms with Gasteiger partial charge in [0.05, 0.1) is 4.92 Å². The standard InChI is InChI=1S/C15H23N3O5/c1-9(15(2,3)4)16-14(19)11-12(18(20)21)13(23-17-11)10-5-7-22-8-6-10/h9-10H,5-8H2,1-4H3,(H,16,19). The zero-order valence-electron chi connectivity index (χ0n) is 13.9. The van der Waals surface area contributed by atoms with Gasteiger partial charge in [-0.2, -0.15) is 0 Å². The third-order valence-electron chi connectivity index (χ3n) is 4.33. The summed E-state index contributed by atoms with van der Waals surface area (Å²) in [6.07, 6.45) is 1.24. The van der Waals surface area contributed by atoms with Crippen molar-refractivity contribution in [3.05, 3.63) is 21.6 Å². The average molecular weight is 325 g/mol. The molecule has 1 aliphatic rings. The molecule has 8 heteroatoms. The highest BCUT2D eigenvalue weighted by molar-refractivity contribution is 5.96. The van der Waals surface area contributed by atoms with Crippen LogP contribution in [-0.2, 0) is 4.74 Å². The number of nitrogens with zero attached hydrogens (tertiary/aromatic N) is 2. The van der Waals surface area contributed by atoms with Crippen LogP contribution in [0.15, 0.2) is 4.52 Å². The maximum Gasteiger partial charge on any atom is 0.344 e. The molecule has 1 aromatic heterocycles. The van der Waals surface area contributed by atoms with Crippen LogP contribution in [0.3, 0.4) is 0 Å². The number of aromatic nitrogens is 1. The van der Waals surface area contributed by atoms with Gasteiger partial charge in [0.15, 0.2) is 0 Å². The van der Waals surface area contributed by atoms with E-state index in [-0.39, 0.29) is 34.5 Å². The Kier molecular flexibility index (Phi) is 5.03. The molecular weight excluding hydrogens is 302 g/mol. The van der Waals surface area contributed by atoms with Gasteiger partial charge in [0.2, 0.25) is 11.5 Å². The minimum absolute atomic E-state index is 0.141. The molecular formula is C15H23N3O5. The third kappa shape index (κ3) is 3.87. The smallest absolute Gasteiger partial charge is 0.344 e. The summed E-state index contributed by atoms with van der Waals surface area (Å²) in [5, 5.41) is 17.9. The van der Waals surface area contributed by atoms with E-state index >= 15 is 0 Å². The predicted molar refractivity (Wildman–Crippen MR) is 82.3 cm³/mol. The number of rotatable bonds is 4. The summed E-state index contributed by atoms with van der Waals surface area (Å²) in [7, 11) is 0. The molecule has 0 radical (unpaired) electrons. The van der Waals surface area contributed by atoms with Crippen LogP contribution in [0.2, 0.25) is 0 Å². The molecule has 1 N–H and O–H groups in total. The zero-order chi connectivity index (χ0) is 17.2. The Morgan fingerprint density at radius 3 is 2.52 bits per heavy atom. The number of hydrogen-bond acceptors (Lipinski definition) is 6. The minimum Gasteiger partial charge on any atom is -0.381 e. The third-order valence-corrected chi connectivity index (χ3v) is 4.33. The van der Waals surface area contributed by atoms with Gasteiger partial charge in [0.1, 0.15) is 0 Å². The second-order valence-corrected chi connectivity index (χ2v) is 6.95. The maximum absolute atomic E-state index is 12.4. The van der Waals surface area contributed by atoms with Crippen LogP contribution < -0.4 is 5.32 Å². The van der Waals surface area contributed by atoms with E-state index in [9.17, 15) is 14.9 Å². The molecule has 1 amide bonds. The van der Waals surface area contributed by atoms with Crippen molar-refractivity contribution in [2.24, 2.45) is 5.41 Å². The first-order valence-corrected chi connectivity index (χ1v) is 7.74. The number of hydrogen-bond donors (Lipinski definition) is 1. The van der Waals surface area contributed by atoms with Crippen molar-refractivity contribution in [2.45, 2.75) is 52.5 Å². The molecule has 0 saturated carbocycles. The fourth-order valence-corrected chi connectivity index (χ4v) is 2.33. The van der Waals surface area contributed by atoms with Crippen molar-refractivity contribution in [3.63, 3.8) is 0 Å². The maximum atomic E-state index is 12.4. The van der Waals surface area contributed by atoms with Crippen LogP contribution in [0.25, 0.3) is 0 Å². The summed E-state index contributed by atoms with van der Waals surface area (Å²) in [4.78, 5) is 23.2. The molecule has 1 atom stereocenters. The molecule has 1 unspecified atom stereocenters.